The van der Waals surface area contributed by atoms with Crippen LogP contribution in [0.1, 0.15) is 13.3 Å². The lowest BCUT2D eigenvalue weighted by Crippen LogP contribution is -2.51. The molecule has 1 heterocycles. The van der Waals surface area contributed by atoms with E-state index in [0.29, 0.717) is 26.2 Å². The van der Waals surface area contributed by atoms with E-state index < -0.39 is 5.97 Å². The van der Waals surface area contributed by atoms with Crippen LogP contribution in [0.4, 0.5) is 4.79 Å². The number of piperazine rings is 1. The van der Waals surface area contributed by atoms with E-state index in [1.807, 2.05) is 6.92 Å². The van der Waals surface area contributed by atoms with Crippen LogP contribution < -0.4 is 5.32 Å². The smallest absolute Gasteiger partial charge is 0.317 e. The third kappa shape index (κ3) is 4.06. The summed E-state index contributed by atoms with van der Waals surface area (Å²) >= 11 is 0. The quantitative estimate of drug-likeness (QED) is 0.700. The van der Waals surface area contributed by atoms with Crippen LogP contribution >= 0.6 is 0 Å². The molecule has 6 nitrogen and oxygen atoms in total. The number of amides is 2. The molecule has 1 fully saturated rings. The predicted octanol–water partition coefficient (Wildman–Crippen LogP) is -0.192. The number of urea groups is 1. The van der Waals surface area contributed by atoms with E-state index in [1.54, 1.807) is 4.90 Å². The Balaban J connectivity index is 2.23. The second-order valence-corrected chi connectivity index (χ2v) is 3.81. The van der Waals surface area contributed by atoms with E-state index in [-0.39, 0.29) is 12.5 Å². The summed E-state index contributed by atoms with van der Waals surface area (Å²) in [7, 11) is 0. The SMILES string of the molecule is CCNC(=O)N1CCN(CCC(=O)O)CC1. The number of nitrogens with one attached hydrogen (secondary N) is 1. The molecule has 2 N–H and O–H groups in total. The van der Waals surface area contributed by atoms with Gasteiger partial charge >= 0.3 is 12.0 Å². The number of carboxylic acid groups (broad SMARTS) is 1. The van der Waals surface area contributed by atoms with Crippen LogP contribution in [0.5, 0.6) is 0 Å². The fourth-order valence-corrected chi connectivity index (χ4v) is 1.69. The molecule has 16 heavy (non-hydrogen) atoms. The highest BCUT2D eigenvalue weighted by molar-refractivity contribution is 5.74. The van der Waals surface area contributed by atoms with Gasteiger partial charge in [-0.1, -0.05) is 0 Å². The van der Waals surface area contributed by atoms with Crippen molar-refractivity contribution in [2.45, 2.75) is 13.3 Å². The second-order valence-electron chi connectivity index (χ2n) is 3.81. The van der Waals surface area contributed by atoms with Crippen LogP contribution in [0.15, 0.2) is 0 Å². The number of aliphatic carboxylic acids is 1. The maximum Gasteiger partial charge on any atom is 0.317 e. The first-order chi connectivity index (χ1) is 7.63. The first-order valence-electron chi connectivity index (χ1n) is 5.60. The first kappa shape index (κ1) is 12.8. The predicted molar refractivity (Wildman–Crippen MR) is 59.3 cm³/mol. The monoisotopic (exact) mass is 229 g/mol. The first-order valence-corrected chi connectivity index (χ1v) is 5.60. The number of rotatable bonds is 4. The van der Waals surface area contributed by atoms with Crippen molar-refractivity contribution in [3.05, 3.63) is 0 Å². The van der Waals surface area contributed by atoms with E-state index in [1.165, 1.54) is 0 Å². The lowest BCUT2D eigenvalue weighted by molar-refractivity contribution is -0.137. The molecule has 2 amide bonds. The van der Waals surface area contributed by atoms with Gasteiger partial charge in [-0.05, 0) is 6.92 Å². The van der Waals surface area contributed by atoms with Gasteiger partial charge in [0, 0.05) is 39.3 Å². The number of hydrogen-bond acceptors (Lipinski definition) is 3. The molecule has 6 heteroatoms. The van der Waals surface area contributed by atoms with Crippen molar-refractivity contribution in [2.24, 2.45) is 0 Å². The zero-order valence-corrected chi connectivity index (χ0v) is 9.61. The van der Waals surface area contributed by atoms with Crippen LogP contribution in [-0.2, 0) is 4.79 Å². The largest absolute Gasteiger partial charge is 0.481 e. The molecule has 1 aliphatic heterocycles. The lowest BCUT2D eigenvalue weighted by Gasteiger charge is -2.34. The standard InChI is InChI=1S/C10H19N3O3/c1-2-11-10(16)13-7-5-12(6-8-13)4-3-9(14)15/h2-8H2,1H3,(H,11,16)(H,14,15). The fourth-order valence-electron chi connectivity index (χ4n) is 1.69. The molecule has 1 saturated heterocycles. The minimum Gasteiger partial charge on any atom is -0.481 e. The molecule has 0 unspecified atom stereocenters. The Morgan fingerprint density at radius 1 is 1.25 bits per heavy atom. The summed E-state index contributed by atoms with van der Waals surface area (Å²) in [6.45, 7) is 5.95. The van der Waals surface area contributed by atoms with Crippen molar-refractivity contribution < 1.29 is 14.7 Å². The van der Waals surface area contributed by atoms with Gasteiger partial charge in [-0.25, -0.2) is 4.79 Å². The summed E-state index contributed by atoms with van der Waals surface area (Å²) in [6.07, 6.45) is 0.168. The molecule has 0 aromatic rings. The Kier molecular flexibility index (Phi) is 5.04. The Labute approximate surface area is 95.2 Å². The van der Waals surface area contributed by atoms with Gasteiger partial charge in [-0.2, -0.15) is 0 Å². The van der Waals surface area contributed by atoms with E-state index in [2.05, 4.69) is 10.2 Å². The van der Waals surface area contributed by atoms with Crippen LogP contribution in [0.3, 0.4) is 0 Å². The Morgan fingerprint density at radius 3 is 2.38 bits per heavy atom. The zero-order chi connectivity index (χ0) is 12.0. The Morgan fingerprint density at radius 2 is 1.88 bits per heavy atom. The molecule has 0 atom stereocenters. The molecular weight excluding hydrogens is 210 g/mol. The second kappa shape index (κ2) is 6.32. The van der Waals surface area contributed by atoms with Gasteiger partial charge in [-0.15, -0.1) is 0 Å². The summed E-state index contributed by atoms with van der Waals surface area (Å²) in [5.74, 6) is -0.772. The molecule has 0 aromatic heterocycles. The van der Waals surface area contributed by atoms with E-state index >= 15 is 0 Å². The molecule has 0 bridgehead atoms. The molecule has 0 aliphatic carbocycles. The molecule has 0 spiro atoms. The van der Waals surface area contributed by atoms with Gasteiger partial charge in [0.15, 0.2) is 0 Å². The Hall–Kier alpha value is -1.30. The highest BCUT2D eigenvalue weighted by Gasteiger charge is 2.20. The summed E-state index contributed by atoms with van der Waals surface area (Å²) in [5.41, 5.74) is 0. The van der Waals surface area contributed by atoms with Crippen LogP contribution in [0.2, 0.25) is 0 Å². The van der Waals surface area contributed by atoms with E-state index in [0.717, 1.165) is 13.1 Å². The van der Waals surface area contributed by atoms with Gasteiger partial charge in [0.1, 0.15) is 0 Å². The molecule has 0 saturated carbocycles. The summed E-state index contributed by atoms with van der Waals surface area (Å²) in [6, 6.07) is -0.0274. The maximum atomic E-state index is 11.5. The molecule has 92 valence electrons. The van der Waals surface area contributed by atoms with E-state index in [4.69, 9.17) is 5.11 Å². The zero-order valence-electron chi connectivity index (χ0n) is 9.61. The molecule has 0 aromatic carbocycles. The minimum atomic E-state index is -0.772. The van der Waals surface area contributed by atoms with Gasteiger partial charge < -0.3 is 15.3 Å². The normalized spacial score (nSPS) is 17.2. The number of carboxylic acids is 1. The number of carbonyl (C=O) groups is 2. The van der Waals surface area contributed by atoms with Crippen molar-refractivity contribution in [1.82, 2.24) is 15.1 Å². The highest BCUT2D eigenvalue weighted by Crippen LogP contribution is 2.02. The molecule has 1 rings (SSSR count). The van der Waals surface area contributed by atoms with Crippen molar-refractivity contribution in [3.63, 3.8) is 0 Å². The summed E-state index contributed by atoms with van der Waals surface area (Å²) < 4.78 is 0. The number of carbonyl (C=O) groups excluding carboxylic acids is 1. The van der Waals surface area contributed by atoms with Gasteiger partial charge in [0.25, 0.3) is 0 Å². The van der Waals surface area contributed by atoms with Gasteiger partial charge in [-0.3, -0.25) is 9.69 Å². The third-order valence-electron chi connectivity index (χ3n) is 2.63. The van der Waals surface area contributed by atoms with Crippen molar-refractivity contribution in [1.29, 1.82) is 0 Å². The minimum absolute atomic E-state index is 0.0274. The van der Waals surface area contributed by atoms with Crippen LogP contribution in [0.25, 0.3) is 0 Å². The average Bonchev–Trinajstić information content (AvgIpc) is 2.27. The van der Waals surface area contributed by atoms with Crippen LogP contribution in [0, 0.1) is 0 Å². The van der Waals surface area contributed by atoms with Gasteiger partial charge in [0.05, 0.1) is 6.42 Å². The van der Waals surface area contributed by atoms with Gasteiger partial charge in [0.2, 0.25) is 0 Å². The Bertz CT molecular complexity index is 250. The fraction of sp³-hybridized carbons (Fsp3) is 0.800. The maximum absolute atomic E-state index is 11.5. The van der Waals surface area contributed by atoms with E-state index in [9.17, 15) is 9.59 Å². The number of nitrogens with zero attached hydrogens (tertiary/aromatic N) is 2. The summed E-state index contributed by atoms with van der Waals surface area (Å²) in [5, 5.41) is 11.3. The van der Waals surface area contributed by atoms with Crippen molar-refractivity contribution in [3.8, 4) is 0 Å². The topological polar surface area (TPSA) is 72.9 Å². The van der Waals surface area contributed by atoms with Crippen molar-refractivity contribution in [2.75, 3.05) is 39.3 Å². The van der Waals surface area contributed by atoms with Crippen LogP contribution in [-0.4, -0.2) is 66.2 Å². The lowest BCUT2D eigenvalue weighted by atomic mass is 10.3. The highest BCUT2D eigenvalue weighted by atomic mass is 16.4. The third-order valence-corrected chi connectivity index (χ3v) is 2.63. The van der Waals surface area contributed by atoms with Crippen molar-refractivity contribution >= 4 is 12.0 Å². The molecule has 1 aliphatic rings. The molecular formula is C10H19N3O3. The number of hydrogen-bond donors (Lipinski definition) is 2. The molecule has 0 radical (unpaired) electrons. The summed E-state index contributed by atoms with van der Waals surface area (Å²) in [4.78, 5) is 25.7. The average molecular weight is 229 g/mol.